The van der Waals surface area contributed by atoms with Gasteiger partial charge in [0.05, 0.1) is 12.7 Å². The summed E-state index contributed by atoms with van der Waals surface area (Å²) in [6.45, 7) is 1.27. The Hall–Kier alpha value is -3.08. The monoisotopic (exact) mass is 321 g/mol. The highest BCUT2D eigenvalue weighted by atomic mass is 16.3. The number of rotatable bonds is 6. The van der Waals surface area contributed by atoms with E-state index in [2.05, 4.69) is 22.4 Å². The zero-order valence-electron chi connectivity index (χ0n) is 13.2. The van der Waals surface area contributed by atoms with Crippen molar-refractivity contribution in [3.8, 4) is 5.75 Å². The van der Waals surface area contributed by atoms with Crippen LogP contribution >= 0.6 is 0 Å². The number of phenolic OH excluding ortho intramolecular Hbond substituents is 1. The smallest absolute Gasteiger partial charge is 0.224 e. The molecule has 0 spiro atoms. The zero-order chi connectivity index (χ0) is 16.8. The molecule has 0 aliphatic heterocycles. The minimum Gasteiger partial charge on any atom is -0.508 e. The summed E-state index contributed by atoms with van der Waals surface area (Å²) in [7, 11) is 0. The Morgan fingerprint density at radius 3 is 2.58 bits per heavy atom. The molecular weight excluding hydrogens is 302 g/mol. The van der Waals surface area contributed by atoms with Crippen LogP contribution in [0.25, 0.3) is 0 Å². The number of hydrogen-bond donors (Lipinski definition) is 2. The Bertz CT molecular complexity index is 796. The molecule has 0 atom stereocenters. The standard InChI is InChI=1S/C19H19N3O2/c23-18-3-1-2-17(10-18)11-19(24)21-12-15-4-6-16(7-5-15)13-22-9-8-20-14-22/h1-10,14,23H,11-13H2,(H,21,24). The second-order valence-electron chi connectivity index (χ2n) is 5.67. The second-order valence-corrected chi connectivity index (χ2v) is 5.67. The number of amides is 1. The molecule has 1 aromatic heterocycles. The first-order valence-corrected chi connectivity index (χ1v) is 7.77. The van der Waals surface area contributed by atoms with E-state index in [-0.39, 0.29) is 18.1 Å². The van der Waals surface area contributed by atoms with E-state index < -0.39 is 0 Å². The van der Waals surface area contributed by atoms with Crippen molar-refractivity contribution in [3.05, 3.63) is 83.9 Å². The highest BCUT2D eigenvalue weighted by Gasteiger charge is 2.04. The minimum absolute atomic E-state index is 0.0666. The maximum atomic E-state index is 12.0. The number of nitrogens with zero attached hydrogens (tertiary/aromatic N) is 2. The van der Waals surface area contributed by atoms with Gasteiger partial charge >= 0.3 is 0 Å². The van der Waals surface area contributed by atoms with Crippen LogP contribution in [0.15, 0.2) is 67.3 Å². The average molecular weight is 321 g/mol. The second kappa shape index (κ2) is 7.46. The van der Waals surface area contributed by atoms with Crippen molar-refractivity contribution in [1.29, 1.82) is 0 Å². The lowest BCUT2D eigenvalue weighted by Gasteiger charge is -2.07. The van der Waals surface area contributed by atoms with Crippen molar-refractivity contribution in [3.63, 3.8) is 0 Å². The number of aromatic nitrogens is 2. The van der Waals surface area contributed by atoms with E-state index in [0.29, 0.717) is 6.54 Å². The number of carbonyl (C=O) groups excluding carboxylic acids is 1. The first-order chi connectivity index (χ1) is 11.7. The maximum Gasteiger partial charge on any atom is 0.224 e. The highest BCUT2D eigenvalue weighted by Crippen LogP contribution is 2.11. The fraction of sp³-hybridized carbons (Fsp3) is 0.158. The van der Waals surface area contributed by atoms with Gasteiger partial charge in [-0.05, 0) is 28.8 Å². The number of nitrogens with one attached hydrogen (secondary N) is 1. The fourth-order valence-electron chi connectivity index (χ4n) is 2.47. The van der Waals surface area contributed by atoms with E-state index in [4.69, 9.17) is 0 Å². The molecule has 0 unspecified atom stereocenters. The van der Waals surface area contributed by atoms with Crippen molar-refractivity contribution < 1.29 is 9.90 Å². The van der Waals surface area contributed by atoms with Crippen LogP contribution in [-0.2, 0) is 24.3 Å². The Morgan fingerprint density at radius 2 is 1.88 bits per heavy atom. The van der Waals surface area contributed by atoms with Crippen LogP contribution in [0.3, 0.4) is 0 Å². The van der Waals surface area contributed by atoms with E-state index in [0.717, 1.165) is 17.7 Å². The van der Waals surface area contributed by atoms with Gasteiger partial charge < -0.3 is 15.0 Å². The quantitative estimate of drug-likeness (QED) is 0.733. The molecule has 5 nitrogen and oxygen atoms in total. The van der Waals surface area contributed by atoms with Crippen LogP contribution < -0.4 is 5.32 Å². The molecule has 2 aromatic carbocycles. The number of imidazole rings is 1. The number of benzene rings is 2. The molecule has 3 rings (SSSR count). The molecule has 0 saturated heterocycles. The summed E-state index contributed by atoms with van der Waals surface area (Å²) in [6.07, 6.45) is 5.73. The van der Waals surface area contributed by atoms with E-state index in [1.54, 1.807) is 30.7 Å². The van der Waals surface area contributed by atoms with E-state index in [1.807, 2.05) is 29.0 Å². The third kappa shape index (κ3) is 4.46. The lowest BCUT2D eigenvalue weighted by atomic mass is 10.1. The molecule has 0 bridgehead atoms. The molecule has 3 aromatic rings. The third-order valence-corrected chi connectivity index (χ3v) is 3.71. The fourth-order valence-corrected chi connectivity index (χ4v) is 2.47. The van der Waals surface area contributed by atoms with Crippen LogP contribution in [0.1, 0.15) is 16.7 Å². The van der Waals surface area contributed by atoms with Gasteiger partial charge in [-0.25, -0.2) is 4.98 Å². The first-order valence-electron chi connectivity index (χ1n) is 7.77. The van der Waals surface area contributed by atoms with Crippen LogP contribution in [0.2, 0.25) is 0 Å². The van der Waals surface area contributed by atoms with Crippen molar-refractivity contribution >= 4 is 5.91 Å². The molecule has 0 aliphatic rings. The lowest BCUT2D eigenvalue weighted by molar-refractivity contribution is -0.120. The van der Waals surface area contributed by atoms with Crippen molar-refractivity contribution in [2.45, 2.75) is 19.5 Å². The minimum atomic E-state index is -0.0666. The van der Waals surface area contributed by atoms with Gasteiger partial charge in [-0.15, -0.1) is 0 Å². The van der Waals surface area contributed by atoms with Crippen molar-refractivity contribution in [1.82, 2.24) is 14.9 Å². The molecule has 122 valence electrons. The molecule has 1 amide bonds. The van der Waals surface area contributed by atoms with Crippen molar-refractivity contribution in [2.24, 2.45) is 0 Å². The summed E-state index contributed by atoms with van der Waals surface area (Å²) < 4.78 is 2.01. The molecule has 24 heavy (non-hydrogen) atoms. The summed E-state index contributed by atoms with van der Waals surface area (Å²) in [5.41, 5.74) is 3.03. The maximum absolute atomic E-state index is 12.0. The van der Waals surface area contributed by atoms with E-state index in [1.165, 1.54) is 5.56 Å². The molecule has 5 heteroatoms. The molecule has 0 fully saturated rings. The van der Waals surface area contributed by atoms with Crippen LogP contribution in [0, 0.1) is 0 Å². The Morgan fingerprint density at radius 1 is 1.08 bits per heavy atom. The Labute approximate surface area is 140 Å². The first kappa shape index (κ1) is 15.8. The molecule has 2 N–H and O–H groups in total. The number of phenols is 1. The topological polar surface area (TPSA) is 67.2 Å². The Balaban J connectivity index is 1.50. The number of carbonyl (C=O) groups is 1. The van der Waals surface area contributed by atoms with Gasteiger partial charge in [-0.3, -0.25) is 4.79 Å². The van der Waals surface area contributed by atoms with Crippen LogP contribution in [0.5, 0.6) is 5.75 Å². The van der Waals surface area contributed by atoms with Gasteiger partial charge in [-0.2, -0.15) is 0 Å². The van der Waals surface area contributed by atoms with E-state index in [9.17, 15) is 9.90 Å². The molecule has 0 saturated carbocycles. The van der Waals surface area contributed by atoms with Gasteiger partial charge in [0.25, 0.3) is 0 Å². The number of aromatic hydroxyl groups is 1. The highest BCUT2D eigenvalue weighted by molar-refractivity contribution is 5.78. The summed E-state index contributed by atoms with van der Waals surface area (Å²) in [4.78, 5) is 16.0. The van der Waals surface area contributed by atoms with Gasteiger partial charge in [0.1, 0.15) is 5.75 Å². The normalized spacial score (nSPS) is 10.5. The van der Waals surface area contributed by atoms with E-state index >= 15 is 0 Å². The molecule has 0 radical (unpaired) electrons. The SMILES string of the molecule is O=C(Cc1cccc(O)c1)NCc1ccc(Cn2ccnc2)cc1. The van der Waals surface area contributed by atoms with Gasteiger partial charge in [-0.1, -0.05) is 36.4 Å². The van der Waals surface area contributed by atoms with Crippen LogP contribution in [0.4, 0.5) is 0 Å². The summed E-state index contributed by atoms with van der Waals surface area (Å²) in [6, 6.07) is 14.9. The van der Waals surface area contributed by atoms with Gasteiger partial charge in [0.15, 0.2) is 0 Å². The molecule has 1 heterocycles. The Kier molecular flexibility index (Phi) is 4.91. The van der Waals surface area contributed by atoms with Crippen molar-refractivity contribution in [2.75, 3.05) is 0 Å². The zero-order valence-corrected chi connectivity index (χ0v) is 13.2. The van der Waals surface area contributed by atoms with Crippen LogP contribution in [-0.4, -0.2) is 20.6 Å². The lowest BCUT2D eigenvalue weighted by Crippen LogP contribution is -2.24. The predicted octanol–water partition coefficient (Wildman–Crippen LogP) is 2.50. The van der Waals surface area contributed by atoms with Gasteiger partial charge in [0, 0.05) is 25.5 Å². The summed E-state index contributed by atoms with van der Waals surface area (Å²) in [5, 5.41) is 12.3. The largest absolute Gasteiger partial charge is 0.508 e. The average Bonchev–Trinajstić information content (AvgIpc) is 3.07. The number of hydrogen-bond acceptors (Lipinski definition) is 3. The predicted molar refractivity (Wildman–Crippen MR) is 91.4 cm³/mol. The molecular formula is C19H19N3O2. The summed E-state index contributed by atoms with van der Waals surface area (Å²) in [5.74, 6) is 0.108. The third-order valence-electron chi connectivity index (χ3n) is 3.71. The molecule has 0 aliphatic carbocycles. The van der Waals surface area contributed by atoms with Gasteiger partial charge in [0.2, 0.25) is 5.91 Å². The summed E-state index contributed by atoms with van der Waals surface area (Å²) >= 11 is 0.